The normalized spacial score (nSPS) is 14.6. The SMILES string of the molecule is COc1cccc2cc(-c3nn(-c4ccccc4)cc3C=C3C(=O)N(c4ccccc4)N=C3C)oc12. The first-order chi connectivity index (χ1) is 17.6. The summed E-state index contributed by atoms with van der Waals surface area (Å²) in [6, 6.07) is 26.9. The van der Waals surface area contributed by atoms with Crippen molar-refractivity contribution >= 4 is 34.4 Å². The third kappa shape index (κ3) is 3.67. The van der Waals surface area contributed by atoms with Gasteiger partial charge in [-0.3, -0.25) is 4.79 Å². The summed E-state index contributed by atoms with van der Waals surface area (Å²) in [6.07, 6.45) is 3.73. The second-order valence-corrected chi connectivity index (χ2v) is 8.40. The Balaban J connectivity index is 1.49. The van der Waals surface area contributed by atoms with Crippen LogP contribution in [0.3, 0.4) is 0 Å². The summed E-state index contributed by atoms with van der Waals surface area (Å²) in [5.41, 5.74) is 4.75. The van der Waals surface area contributed by atoms with Crippen LogP contribution in [0.15, 0.2) is 106 Å². The zero-order valence-electron chi connectivity index (χ0n) is 19.8. The Morgan fingerprint density at radius 2 is 1.64 bits per heavy atom. The Hall–Kier alpha value is -4.91. The van der Waals surface area contributed by atoms with Crippen LogP contribution in [0, 0.1) is 0 Å². The van der Waals surface area contributed by atoms with Crippen molar-refractivity contribution in [2.45, 2.75) is 6.92 Å². The molecule has 2 aromatic heterocycles. The van der Waals surface area contributed by atoms with Gasteiger partial charge in [0.1, 0.15) is 5.69 Å². The number of para-hydroxylation sites is 3. The molecular weight excluding hydrogens is 452 g/mol. The number of methoxy groups -OCH3 is 1. The first kappa shape index (κ1) is 21.6. The van der Waals surface area contributed by atoms with Gasteiger partial charge in [-0.25, -0.2) is 4.68 Å². The van der Waals surface area contributed by atoms with Crippen molar-refractivity contribution < 1.29 is 13.9 Å². The lowest BCUT2D eigenvalue weighted by Gasteiger charge is -2.10. The van der Waals surface area contributed by atoms with Crippen molar-refractivity contribution in [3.63, 3.8) is 0 Å². The number of rotatable bonds is 5. The number of aromatic nitrogens is 2. The lowest BCUT2D eigenvalue weighted by atomic mass is 10.1. The van der Waals surface area contributed by atoms with Crippen LogP contribution in [-0.4, -0.2) is 28.5 Å². The van der Waals surface area contributed by atoms with E-state index in [4.69, 9.17) is 14.3 Å². The van der Waals surface area contributed by atoms with Gasteiger partial charge in [0.2, 0.25) is 0 Å². The summed E-state index contributed by atoms with van der Waals surface area (Å²) in [5.74, 6) is 1.04. The maximum Gasteiger partial charge on any atom is 0.280 e. The summed E-state index contributed by atoms with van der Waals surface area (Å²) in [6.45, 7) is 1.83. The van der Waals surface area contributed by atoms with Crippen LogP contribution in [0.2, 0.25) is 0 Å². The monoisotopic (exact) mass is 474 g/mol. The predicted octanol–water partition coefficient (Wildman–Crippen LogP) is 6.10. The molecule has 0 aliphatic carbocycles. The molecule has 0 N–H and O–H groups in total. The summed E-state index contributed by atoms with van der Waals surface area (Å²) >= 11 is 0. The fraction of sp³-hybridized carbons (Fsp3) is 0.0690. The van der Waals surface area contributed by atoms with E-state index in [-0.39, 0.29) is 5.91 Å². The Morgan fingerprint density at radius 1 is 0.917 bits per heavy atom. The molecule has 1 aliphatic rings. The Labute approximate surface area is 207 Å². The first-order valence-corrected chi connectivity index (χ1v) is 11.5. The van der Waals surface area contributed by atoms with Gasteiger partial charge in [0.05, 0.1) is 29.8 Å². The number of hydrogen-bond acceptors (Lipinski definition) is 5. The first-order valence-electron chi connectivity index (χ1n) is 11.5. The predicted molar refractivity (Wildman–Crippen MR) is 140 cm³/mol. The molecule has 6 rings (SSSR count). The van der Waals surface area contributed by atoms with E-state index >= 15 is 0 Å². The Morgan fingerprint density at radius 3 is 2.36 bits per heavy atom. The van der Waals surface area contributed by atoms with Gasteiger partial charge < -0.3 is 9.15 Å². The highest BCUT2D eigenvalue weighted by atomic mass is 16.5. The molecule has 3 heterocycles. The van der Waals surface area contributed by atoms with Gasteiger partial charge >= 0.3 is 0 Å². The largest absolute Gasteiger partial charge is 0.493 e. The minimum absolute atomic E-state index is 0.191. The maximum atomic E-state index is 13.3. The maximum absolute atomic E-state index is 13.3. The number of nitrogens with zero attached hydrogens (tertiary/aromatic N) is 4. The molecule has 7 heteroatoms. The van der Waals surface area contributed by atoms with Crippen LogP contribution in [-0.2, 0) is 4.79 Å². The van der Waals surface area contributed by atoms with Gasteiger partial charge in [-0.05, 0) is 49.4 Å². The smallest absolute Gasteiger partial charge is 0.280 e. The molecule has 5 aromatic rings. The second kappa shape index (κ2) is 8.70. The number of carbonyl (C=O) groups is 1. The highest BCUT2D eigenvalue weighted by Crippen LogP contribution is 2.35. The van der Waals surface area contributed by atoms with E-state index in [9.17, 15) is 4.79 Å². The van der Waals surface area contributed by atoms with Crippen molar-refractivity contribution in [3.8, 4) is 22.9 Å². The van der Waals surface area contributed by atoms with Gasteiger partial charge in [0.25, 0.3) is 5.91 Å². The van der Waals surface area contributed by atoms with Gasteiger partial charge in [0.15, 0.2) is 17.1 Å². The van der Waals surface area contributed by atoms with E-state index < -0.39 is 0 Å². The highest BCUT2D eigenvalue weighted by Gasteiger charge is 2.29. The van der Waals surface area contributed by atoms with E-state index in [1.165, 1.54) is 5.01 Å². The van der Waals surface area contributed by atoms with Crippen LogP contribution in [0.4, 0.5) is 5.69 Å². The number of benzene rings is 3. The van der Waals surface area contributed by atoms with E-state index in [1.54, 1.807) is 11.8 Å². The molecule has 0 unspecified atom stereocenters. The minimum atomic E-state index is -0.191. The molecule has 7 nitrogen and oxygen atoms in total. The summed E-state index contributed by atoms with van der Waals surface area (Å²) in [4.78, 5) is 13.3. The summed E-state index contributed by atoms with van der Waals surface area (Å²) in [5, 5.41) is 11.7. The fourth-order valence-corrected chi connectivity index (χ4v) is 4.30. The fourth-order valence-electron chi connectivity index (χ4n) is 4.30. The molecule has 0 fully saturated rings. The van der Waals surface area contributed by atoms with Gasteiger partial charge in [0, 0.05) is 17.1 Å². The highest BCUT2D eigenvalue weighted by molar-refractivity contribution is 6.32. The molecule has 36 heavy (non-hydrogen) atoms. The molecule has 176 valence electrons. The Kier molecular flexibility index (Phi) is 5.22. The molecular formula is C29H22N4O3. The quantitative estimate of drug-likeness (QED) is 0.289. The lowest BCUT2D eigenvalue weighted by Crippen LogP contribution is -2.21. The number of hydrogen-bond donors (Lipinski definition) is 0. The second-order valence-electron chi connectivity index (χ2n) is 8.40. The minimum Gasteiger partial charge on any atom is -0.493 e. The average Bonchev–Trinajstić information content (AvgIpc) is 3.61. The number of amides is 1. The van der Waals surface area contributed by atoms with Crippen molar-refractivity contribution in [2.75, 3.05) is 12.1 Å². The van der Waals surface area contributed by atoms with Crippen LogP contribution in [0.1, 0.15) is 12.5 Å². The molecule has 1 amide bonds. The van der Waals surface area contributed by atoms with Crippen molar-refractivity contribution in [3.05, 3.63) is 102 Å². The number of carbonyl (C=O) groups excluding carboxylic acids is 1. The number of anilines is 1. The molecule has 0 bridgehead atoms. The Bertz CT molecular complexity index is 1650. The zero-order valence-corrected chi connectivity index (χ0v) is 19.8. The average molecular weight is 475 g/mol. The number of fused-ring (bicyclic) bond motifs is 1. The van der Waals surface area contributed by atoms with Crippen molar-refractivity contribution in [2.24, 2.45) is 5.10 Å². The van der Waals surface area contributed by atoms with Crippen LogP contribution in [0.25, 0.3) is 34.2 Å². The molecule has 0 saturated heterocycles. The number of hydrazone groups is 1. The number of furan rings is 1. The van der Waals surface area contributed by atoms with E-state index in [1.807, 2.05) is 104 Å². The number of ether oxygens (including phenoxy) is 1. The van der Waals surface area contributed by atoms with Gasteiger partial charge in [-0.15, -0.1) is 0 Å². The van der Waals surface area contributed by atoms with E-state index in [0.717, 1.165) is 22.3 Å². The van der Waals surface area contributed by atoms with Crippen LogP contribution in [0.5, 0.6) is 5.75 Å². The van der Waals surface area contributed by atoms with Crippen LogP contribution < -0.4 is 9.75 Å². The van der Waals surface area contributed by atoms with Crippen molar-refractivity contribution in [1.82, 2.24) is 9.78 Å². The third-order valence-corrected chi connectivity index (χ3v) is 6.09. The lowest BCUT2D eigenvalue weighted by molar-refractivity contribution is -0.114. The molecule has 0 spiro atoms. The van der Waals surface area contributed by atoms with E-state index in [2.05, 4.69) is 5.10 Å². The molecule has 0 saturated carbocycles. The summed E-state index contributed by atoms with van der Waals surface area (Å²) < 4.78 is 13.5. The van der Waals surface area contributed by atoms with Crippen molar-refractivity contribution in [1.29, 1.82) is 0 Å². The van der Waals surface area contributed by atoms with E-state index in [0.29, 0.717) is 34.1 Å². The molecule has 3 aromatic carbocycles. The van der Waals surface area contributed by atoms with Gasteiger partial charge in [-0.1, -0.05) is 48.5 Å². The van der Waals surface area contributed by atoms with Gasteiger partial charge in [-0.2, -0.15) is 15.2 Å². The third-order valence-electron chi connectivity index (χ3n) is 6.09. The molecule has 0 radical (unpaired) electrons. The zero-order chi connectivity index (χ0) is 24.6. The standard InChI is InChI=1S/C29H22N4O3/c1-19-24(29(34)33(30-19)23-13-7-4-8-14-23)16-21-18-32(22-11-5-3-6-12-22)31-27(21)26-17-20-10-9-15-25(35-2)28(20)36-26/h3-18H,1-2H3. The summed E-state index contributed by atoms with van der Waals surface area (Å²) in [7, 11) is 1.61. The molecule has 0 atom stereocenters. The topological polar surface area (TPSA) is 72.9 Å². The van der Waals surface area contributed by atoms with Crippen LogP contribution >= 0.6 is 0 Å². The molecule has 1 aliphatic heterocycles.